The Morgan fingerprint density at radius 1 is 0.880 bits per heavy atom. The van der Waals surface area contributed by atoms with Gasteiger partial charge >= 0.3 is 5.97 Å². The second kappa shape index (κ2) is 7.55. The van der Waals surface area contributed by atoms with Crippen molar-refractivity contribution in [2.75, 3.05) is 11.9 Å². The van der Waals surface area contributed by atoms with E-state index in [0.29, 0.717) is 21.3 Å². The third kappa shape index (κ3) is 4.50. The van der Waals surface area contributed by atoms with Gasteiger partial charge in [0.05, 0.1) is 5.56 Å². The molecule has 126 valence electrons. The highest BCUT2D eigenvalue weighted by Gasteiger charge is 2.11. The molecule has 1 N–H and O–H groups in total. The van der Waals surface area contributed by atoms with Crippen molar-refractivity contribution < 1.29 is 14.3 Å². The van der Waals surface area contributed by atoms with E-state index in [0.717, 1.165) is 10.8 Å². The fourth-order valence-electron chi connectivity index (χ4n) is 2.35. The average molecular weight is 374 g/mol. The maximum absolute atomic E-state index is 12.1. The third-order valence-electron chi connectivity index (χ3n) is 3.47. The van der Waals surface area contributed by atoms with Crippen LogP contribution in [-0.4, -0.2) is 18.5 Å². The van der Waals surface area contributed by atoms with Crippen molar-refractivity contribution in [2.45, 2.75) is 0 Å². The summed E-state index contributed by atoms with van der Waals surface area (Å²) in [4.78, 5) is 24.0. The number of amides is 1. The van der Waals surface area contributed by atoms with Gasteiger partial charge in [0.15, 0.2) is 6.61 Å². The summed E-state index contributed by atoms with van der Waals surface area (Å²) in [6.45, 7) is -0.407. The Kier molecular flexibility index (Phi) is 5.22. The van der Waals surface area contributed by atoms with Crippen molar-refractivity contribution in [1.82, 2.24) is 0 Å². The molecule has 1 amide bonds. The van der Waals surface area contributed by atoms with Crippen LogP contribution < -0.4 is 5.32 Å². The zero-order chi connectivity index (χ0) is 17.8. The summed E-state index contributed by atoms with van der Waals surface area (Å²) >= 11 is 11.7. The van der Waals surface area contributed by atoms with Gasteiger partial charge in [0.2, 0.25) is 0 Å². The molecule has 0 bridgehead atoms. The number of carbonyl (C=O) groups is 2. The minimum atomic E-state index is -0.565. The van der Waals surface area contributed by atoms with Crippen LogP contribution in [0.2, 0.25) is 10.0 Å². The van der Waals surface area contributed by atoms with Crippen LogP contribution in [0, 0.1) is 0 Å². The molecule has 0 aliphatic carbocycles. The lowest BCUT2D eigenvalue weighted by Gasteiger charge is -2.08. The number of nitrogens with one attached hydrogen (secondary N) is 1. The first-order valence-electron chi connectivity index (χ1n) is 7.43. The number of fused-ring (bicyclic) bond motifs is 1. The second-order valence-electron chi connectivity index (χ2n) is 5.34. The summed E-state index contributed by atoms with van der Waals surface area (Å²) in [6, 6.07) is 17.6. The number of esters is 1. The van der Waals surface area contributed by atoms with Crippen LogP contribution in [0.5, 0.6) is 0 Å². The predicted molar refractivity (Wildman–Crippen MR) is 99.3 cm³/mol. The fourth-order valence-corrected chi connectivity index (χ4v) is 2.88. The van der Waals surface area contributed by atoms with E-state index < -0.39 is 18.5 Å². The highest BCUT2D eigenvalue weighted by Crippen LogP contribution is 2.22. The maximum Gasteiger partial charge on any atom is 0.338 e. The summed E-state index contributed by atoms with van der Waals surface area (Å²) in [5.74, 6) is -1.04. The van der Waals surface area contributed by atoms with Crippen LogP contribution in [0.4, 0.5) is 5.69 Å². The quantitative estimate of drug-likeness (QED) is 0.658. The lowest BCUT2D eigenvalue weighted by Crippen LogP contribution is -2.20. The van der Waals surface area contributed by atoms with Gasteiger partial charge in [-0.3, -0.25) is 4.79 Å². The lowest BCUT2D eigenvalue weighted by atomic mass is 10.1. The van der Waals surface area contributed by atoms with Crippen molar-refractivity contribution in [3.8, 4) is 0 Å². The number of ether oxygens (including phenoxy) is 1. The molecule has 0 heterocycles. The summed E-state index contributed by atoms with van der Waals surface area (Å²) < 4.78 is 5.05. The van der Waals surface area contributed by atoms with Gasteiger partial charge in [-0.15, -0.1) is 0 Å². The molecule has 0 aliphatic heterocycles. The molecular formula is C19H13Cl2NO3. The van der Waals surface area contributed by atoms with E-state index in [1.807, 2.05) is 30.3 Å². The lowest BCUT2D eigenvalue weighted by molar-refractivity contribution is -0.119. The van der Waals surface area contributed by atoms with Crippen LogP contribution in [0.3, 0.4) is 0 Å². The number of benzene rings is 3. The molecule has 0 unspecified atom stereocenters. The molecule has 6 heteroatoms. The largest absolute Gasteiger partial charge is 0.452 e. The SMILES string of the molecule is O=C(COC(=O)c1ccc2ccccc2c1)Nc1cc(Cl)cc(Cl)c1. The smallest absolute Gasteiger partial charge is 0.338 e. The van der Waals surface area contributed by atoms with Crippen LogP contribution in [-0.2, 0) is 9.53 Å². The molecule has 0 radical (unpaired) electrons. The summed E-state index contributed by atoms with van der Waals surface area (Å²) in [5.41, 5.74) is 0.821. The molecule has 0 atom stereocenters. The zero-order valence-corrected chi connectivity index (χ0v) is 14.5. The van der Waals surface area contributed by atoms with Gasteiger partial charge < -0.3 is 10.1 Å². The molecule has 3 aromatic carbocycles. The first-order chi connectivity index (χ1) is 12.0. The van der Waals surface area contributed by atoms with E-state index in [-0.39, 0.29) is 0 Å². The van der Waals surface area contributed by atoms with Gasteiger partial charge in [0, 0.05) is 15.7 Å². The Morgan fingerprint density at radius 3 is 2.28 bits per heavy atom. The molecule has 0 saturated carbocycles. The van der Waals surface area contributed by atoms with Crippen LogP contribution in [0.1, 0.15) is 10.4 Å². The molecule has 0 spiro atoms. The maximum atomic E-state index is 12.1. The Balaban J connectivity index is 1.61. The average Bonchev–Trinajstić information content (AvgIpc) is 2.58. The molecule has 25 heavy (non-hydrogen) atoms. The Morgan fingerprint density at radius 2 is 1.56 bits per heavy atom. The minimum absolute atomic E-state index is 0.386. The summed E-state index contributed by atoms with van der Waals surface area (Å²) in [5, 5.41) is 5.32. The molecule has 3 rings (SSSR count). The Hall–Kier alpha value is -2.56. The molecule has 0 saturated heterocycles. The highest BCUT2D eigenvalue weighted by molar-refractivity contribution is 6.35. The van der Waals surface area contributed by atoms with Crippen LogP contribution in [0.25, 0.3) is 10.8 Å². The van der Waals surface area contributed by atoms with Gasteiger partial charge in [-0.25, -0.2) is 4.79 Å². The van der Waals surface area contributed by atoms with Gasteiger partial charge in [0.25, 0.3) is 5.91 Å². The molecule has 0 aliphatic rings. The van der Waals surface area contributed by atoms with Gasteiger partial charge in [0.1, 0.15) is 0 Å². The number of carbonyl (C=O) groups excluding carboxylic acids is 2. The minimum Gasteiger partial charge on any atom is -0.452 e. The van der Waals surface area contributed by atoms with E-state index in [1.54, 1.807) is 30.3 Å². The molecule has 0 fully saturated rings. The van der Waals surface area contributed by atoms with Crippen molar-refractivity contribution in [2.24, 2.45) is 0 Å². The molecular weight excluding hydrogens is 361 g/mol. The Bertz CT molecular complexity index is 936. The normalized spacial score (nSPS) is 10.5. The second-order valence-corrected chi connectivity index (χ2v) is 6.22. The highest BCUT2D eigenvalue weighted by atomic mass is 35.5. The van der Waals surface area contributed by atoms with Crippen LogP contribution >= 0.6 is 23.2 Å². The van der Waals surface area contributed by atoms with E-state index in [2.05, 4.69) is 5.32 Å². The van der Waals surface area contributed by atoms with Gasteiger partial charge in [-0.1, -0.05) is 53.5 Å². The predicted octanol–water partition coefficient (Wildman–Crippen LogP) is 4.94. The third-order valence-corrected chi connectivity index (χ3v) is 3.90. The van der Waals surface area contributed by atoms with Crippen molar-refractivity contribution >= 4 is 51.5 Å². The van der Waals surface area contributed by atoms with Crippen molar-refractivity contribution in [3.63, 3.8) is 0 Å². The summed E-state index contributed by atoms with van der Waals surface area (Å²) in [7, 11) is 0. The van der Waals surface area contributed by atoms with E-state index in [1.165, 1.54) is 0 Å². The fraction of sp³-hybridized carbons (Fsp3) is 0.0526. The monoisotopic (exact) mass is 373 g/mol. The molecule has 4 nitrogen and oxygen atoms in total. The zero-order valence-electron chi connectivity index (χ0n) is 13.0. The van der Waals surface area contributed by atoms with Crippen LogP contribution in [0.15, 0.2) is 60.7 Å². The molecule has 0 aromatic heterocycles. The van der Waals surface area contributed by atoms with Gasteiger partial charge in [-0.05, 0) is 41.1 Å². The number of hydrogen-bond acceptors (Lipinski definition) is 3. The first kappa shape index (κ1) is 17.3. The first-order valence-corrected chi connectivity index (χ1v) is 8.19. The van der Waals surface area contributed by atoms with Gasteiger partial charge in [-0.2, -0.15) is 0 Å². The summed E-state index contributed by atoms with van der Waals surface area (Å²) in [6.07, 6.45) is 0. The standard InChI is InChI=1S/C19H13Cl2NO3/c20-15-8-16(21)10-17(9-15)22-18(23)11-25-19(24)14-6-5-12-3-1-2-4-13(12)7-14/h1-10H,11H2,(H,22,23). The Labute approximate surface area is 154 Å². The topological polar surface area (TPSA) is 55.4 Å². The van der Waals surface area contributed by atoms with E-state index in [9.17, 15) is 9.59 Å². The number of hydrogen-bond donors (Lipinski definition) is 1. The number of halogens is 2. The number of rotatable bonds is 4. The van der Waals surface area contributed by atoms with Crippen molar-refractivity contribution in [1.29, 1.82) is 0 Å². The van der Waals surface area contributed by atoms with E-state index in [4.69, 9.17) is 27.9 Å². The van der Waals surface area contributed by atoms with Crippen molar-refractivity contribution in [3.05, 3.63) is 76.3 Å². The molecule has 3 aromatic rings. The van der Waals surface area contributed by atoms with E-state index >= 15 is 0 Å². The number of anilines is 1.